The molecule has 0 spiro atoms. The van der Waals surface area contributed by atoms with Crippen molar-refractivity contribution in [3.63, 3.8) is 0 Å². The zero-order chi connectivity index (χ0) is 15.3. The van der Waals surface area contributed by atoms with Crippen molar-refractivity contribution in [2.45, 2.75) is 40.0 Å². The van der Waals surface area contributed by atoms with E-state index in [1.54, 1.807) is 0 Å². The van der Waals surface area contributed by atoms with Crippen molar-refractivity contribution in [3.05, 3.63) is 35.6 Å². The fourth-order valence-electron chi connectivity index (χ4n) is 3.88. The third-order valence-corrected chi connectivity index (χ3v) is 5.91. The molecule has 2 atom stereocenters. The predicted octanol–water partition coefficient (Wildman–Crippen LogP) is 3.76. The van der Waals surface area contributed by atoms with Gasteiger partial charge in [0.25, 0.3) is 5.91 Å². The van der Waals surface area contributed by atoms with Gasteiger partial charge in [0, 0.05) is 16.7 Å². The van der Waals surface area contributed by atoms with Crippen molar-refractivity contribution in [2.24, 2.45) is 21.8 Å². The summed E-state index contributed by atoms with van der Waals surface area (Å²) in [6.45, 7) is 6.85. The van der Waals surface area contributed by atoms with Crippen LogP contribution in [0.5, 0.6) is 0 Å². The zero-order valence-electron chi connectivity index (χ0n) is 12.7. The van der Waals surface area contributed by atoms with Gasteiger partial charge in [-0.3, -0.25) is 4.79 Å². The number of rotatable bonds is 2. The number of hydrogen-bond acceptors (Lipinski definition) is 2. The molecule has 2 fully saturated rings. The molecule has 2 aliphatic carbocycles. The molecule has 1 aromatic carbocycles. The fourth-order valence-corrected chi connectivity index (χ4v) is 3.88. The van der Waals surface area contributed by atoms with Gasteiger partial charge in [0.05, 0.1) is 0 Å². The standard InChI is InChI=1S/C17H21FN2O/c1-16(2)12-8-9-17(16,3)14(10-12)19-20-15(21)11-4-6-13(18)7-5-11/h4-7,12H,8-10H2,1-3H3,(H,20,21)/b19-14+/t12-,17-/m1/s1. The Balaban J connectivity index is 1.76. The molecule has 2 saturated carbocycles. The van der Waals surface area contributed by atoms with Crippen LogP contribution in [-0.2, 0) is 0 Å². The lowest BCUT2D eigenvalue weighted by molar-refractivity contribution is 0.0954. The molecule has 0 aliphatic heterocycles. The summed E-state index contributed by atoms with van der Waals surface area (Å²) >= 11 is 0. The van der Waals surface area contributed by atoms with E-state index in [-0.39, 0.29) is 22.6 Å². The van der Waals surface area contributed by atoms with Gasteiger partial charge in [-0.05, 0) is 54.9 Å². The number of carbonyl (C=O) groups excluding carboxylic acids is 1. The Morgan fingerprint density at radius 1 is 1.29 bits per heavy atom. The summed E-state index contributed by atoms with van der Waals surface area (Å²) in [5, 5.41) is 4.40. The average Bonchev–Trinajstić information content (AvgIpc) is 2.78. The number of benzene rings is 1. The minimum absolute atomic E-state index is 0.0771. The minimum atomic E-state index is -0.347. The van der Waals surface area contributed by atoms with Crippen LogP contribution in [0.2, 0.25) is 0 Å². The smallest absolute Gasteiger partial charge is 0.267 e. The Hall–Kier alpha value is -1.71. The topological polar surface area (TPSA) is 41.5 Å². The second-order valence-corrected chi connectivity index (χ2v) is 7.00. The number of hydrogen-bond donors (Lipinski definition) is 1. The number of fused-ring (bicyclic) bond motifs is 2. The molecule has 1 aromatic rings. The van der Waals surface area contributed by atoms with Crippen LogP contribution in [0.3, 0.4) is 0 Å². The van der Waals surface area contributed by atoms with E-state index in [0.29, 0.717) is 11.5 Å². The van der Waals surface area contributed by atoms with Crippen LogP contribution in [-0.4, -0.2) is 11.6 Å². The fraction of sp³-hybridized carbons (Fsp3) is 0.529. The molecular formula is C17H21FN2O. The summed E-state index contributed by atoms with van der Waals surface area (Å²) in [5.41, 5.74) is 4.48. The highest BCUT2D eigenvalue weighted by molar-refractivity contribution is 5.98. The van der Waals surface area contributed by atoms with E-state index in [1.807, 2.05) is 0 Å². The van der Waals surface area contributed by atoms with Gasteiger partial charge < -0.3 is 0 Å². The van der Waals surface area contributed by atoms with E-state index in [0.717, 1.165) is 18.6 Å². The number of nitrogens with zero attached hydrogens (tertiary/aromatic N) is 1. The SMILES string of the molecule is CC1(C)[C@@H]2CC[C@]1(C)/C(=N/NC(=O)c1ccc(F)cc1)C2. The maximum absolute atomic E-state index is 12.9. The minimum Gasteiger partial charge on any atom is -0.267 e. The number of carbonyl (C=O) groups is 1. The Morgan fingerprint density at radius 3 is 2.48 bits per heavy atom. The highest BCUT2D eigenvalue weighted by atomic mass is 19.1. The number of amides is 1. The van der Waals surface area contributed by atoms with Gasteiger partial charge in [0.1, 0.15) is 5.82 Å². The van der Waals surface area contributed by atoms with E-state index >= 15 is 0 Å². The van der Waals surface area contributed by atoms with Crippen molar-refractivity contribution in [3.8, 4) is 0 Å². The van der Waals surface area contributed by atoms with Gasteiger partial charge in [0.2, 0.25) is 0 Å². The highest BCUT2D eigenvalue weighted by Crippen LogP contribution is 2.63. The lowest BCUT2D eigenvalue weighted by Crippen LogP contribution is -2.34. The first-order valence-electron chi connectivity index (χ1n) is 7.47. The molecule has 0 unspecified atom stereocenters. The third kappa shape index (κ3) is 2.08. The van der Waals surface area contributed by atoms with Crippen molar-refractivity contribution in [1.82, 2.24) is 5.43 Å². The van der Waals surface area contributed by atoms with Gasteiger partial charge in [-0.1, -0.05) is 20.8 Å². The molecule has 2 bridgehead atoms. The second-order valence-electron chi connectivity index (χ2n) is 7.00. The van der Waals surface area contributed by atoms with Crippen LogP contribution in [0.1, 0.15) is 50.4 Å². The summed E-state index contributed by atoms with van der Waals surface area (Å²) in [6.07, 6.45) is 3.34. The zero-order valence-corrected chi connectivity index (χ0v) is 12.7. The molecule has 4 heteroatoms. The third-order valence-electron chi connectivity index (χ3n) is 5.91. The molecule has 1 N–H and O–H groups in total. The Bertz CT molecular complexity index is 606. The van der Waals surface area contributed by atoms with Crippen LogP contribution in [0.25, 0.3) is 0 Å². The summed E-state index contributed by atoms with van der Waals surface area (Å²) in [5.74, 6) is 0.0240. The molecule has 3 nitrogen and oxygen atoms in total. The largest absolute Gasteiger partial charge is 0.271 e. The number of halogens is 1. The monoisotopic (exact) mass is 288 g/mol. The Morgan fingerprint density at radius 2 is 1.95 bits per heavy atom. The molecule has 3 rings (SSSR count). The lowest BCUT2D eigenvalue weighted by atomic mass is 9.70. The van der Waals surface area contributed by atoms with E-state index in [1.165, 1.54) is 30.7 Å². The number of nitrogens with one attached hydrogen (secondary N) is 1. The van der Waals surface area contributed by atoms with Crippen molar-refractivity contribution in [2.75, 3.05) is 0 Å². The molecule has 0 heterocycles. The van der Waals surface area contributed by atoms with Crippen molar-refractivity contribution < 1.29 is 9.18 Å². The quantitative estimate of drug-likeness (QED) is 0.827. The molecule has 1 amide bonds. The van der Waals surface area contributed by atoms with Crippen molar-refractivity contribution >= 4 is 11.6 Å². The summed E-state index contributed by atoms with van der Waals surface area (Å²) in [4.78, 5) is 12.0. The molecular weight excluding hydrogens is 267 g/mol. The molecule has 112 valence electrons. The molecule has 0 aromatic heterocycles. The second kappa shape index (κ2) is 4.65. The first kappa shape index (κ1) is 14.2. The average molecular weight is 288 g/mol. The van der Waals surface area contributed by atoms with E-state index < -0.39 is 0 Å². The normalized spacial score (nSPS) is 31.6. The maximum Gasteiger partial charge on any atom is 0.271 e. The van der Waals surface area contributed by atoms with Gasteiger partial charge in [-0.15, -0.1) is 0 Å². The van der Waals surface area contributed by atoms with Crippen LogP contribution < -0.4 is 5.43 Å². The van der Waals surface area contributed by atoms with Crippen LogP contribution >= 0.6 is 0 Å². The van der Waals surface area contributed by atoms with Gasteiger partial charge >= 0.3 is 0 Å². The Kier molecular flexibility index (Phi) is 3.15. The summed E-state index contributed by atoms with van der Waals surface area (Å²) in [7, 11) is 0. The van der Waals surface area contributed by atoms with Gasteiger partial charge in [-0.25, -0.2) is 9.82 Å². The van der Waals surface area contributed by atoms with E-state index in [9.17, 15) is 9.18 Å². The van der Waals surface area contributed by atoms with Crippen LogP contribution in [0.15, 0.2) is 29.4 Å². The maximum atomic E-state index is 12.9. The van der Waals surface area contributed by atoms with Gasteiger partial charge in [0.15, 0.2) is 0 Å². The Labute approximate surface area is 124 Å². The summed E-state index contributed by atoms with van der Waals surface area (Å²) in [6, 6.07) is 5.50. The van der Waals surface area contributed by atoms with Crippen molar-refractivity contribution in [1.29, 1.82) is 0 Å². The lowest BCUT2D eigenvalue weighted by Gasteiger charge is -2.34. The van der Waals surface area contributed by atoms with Crippen LogP contribution in [0, 0.1) is 22.6 Å². The first-order valence-corrected chi connectivity index (χ1v) is 7.47. The molecule has 2 aliphatic rings. The first-order chi connectivity index (χ1) is 9.84. The molecule has 0 saturated heterocycles. The predicted molar refractivity (Wildman–Crippen MR) is 80.5 cm³/mol. The highest BCUT2D eigenvalue weighted by Gasteiger charge is 2.59. The van der Waals surface area contributed by atoms with Crippen LogP contribution in [0.4, 0.5) is 4.39 Å². The number of hydrazone groups is 1. The molecule has 0 radical (unpaired) electrons. The van der Waals surface area contributed by atoms with E-state index in [4.69, 9.17) is 0 Å². The molecule has 21 heavy (non-hydrogen) atoms. The van der Waals surface area contributed by atoms with E-state index in [2.05, 4.69) is 31.3 Å². The summed E-state index contributed by atoms with van der Waals surface area (Å²) < 4.78 is 12.9. The van der Waals surface area contributed by atoms with Gasteiger partial charge in [-0.2, -0.15) is 5.10 Å².